The molecule has 0 unspecified atom stereocenters. The molecule has 3 fully saturated rings. The SMILES string of the molecule is O=C(CCN(CCc1ccccc1)C(=O)c1ccc(C(=O)NCc2ccc(CCNC[C@H](O)c3ccc(O)c4[nH]c(=O)ccc34)cc2)cc1)O[C@H]1CN2CCC1CC2. The number of esters is 1. The van der Waals surface area contributed by atoms with Crippen molar-refractivity contribution in [2.45, 2.75) is 50.9 Å². The molecule has 0 aliphatic carbocycles. The molecule has 58 heavy (non-hydrogen) atoms. The van der Waals surface area contributed by atoms with Crippen molar-refractivity contribution in [1.29, 1.82) is 0 Å². The lowest BCUT2D eigenvalue weighted by Crippen LogP contribution is -2.52. The molecule has 5 N–H and O–H groups in total. The second-order valence-corrected chi connectivity index (χ2v) is 15.3. The lowest BCUT2D eigenvalue weighted by Gasteiger charge is -2.44. The van der Waals surface area contributed by atoms with Gasteiger partial charge in [0.25, 0.3) is 11.8 Å². The fourth-order valence-electron chi connectivity index (χ4n) is 7.91. The summed E-state index contributed by atoms with van der Waals surface area (Å²) in [4.78, 5) is 58.1. The fourth-order valence-corrected chi connectivity index (χ4v) is 7.91. The molecule has 3 aliphatic heterocycles. The number of phenols is 1. The monoisotopic (exact) mass is 785 g/mol. The Balaban J connectivity index is 0.867. The molecular weight excluding hydrogens is 735 g/mol. The van der Waals surface area contributed by atoms with Crippen LogP contribution in [0.4, 0.5) is 0 Å². The highest BCUT2D eigenvalue weighted by Crippen LogP contribution is 2.30. The average Bonchev–Trinajstić information content (AvgIpc) is 3.25. The van der Waals surface area contributed by atoms with Gasteiger partial charge in [-0.15, -0.1) is 0 Å². The van der Waals surface area contributed by atoms with Crippen molar-refractivity contribution in [3.8, 4) is 5.75 Å². The third-order valence-electron chi connectivity index (χ3n) is 11.3. The highest BCUT2D eigenvalue weighted by molar-refractivity contribution is 5.98. The molecule has 302 valence electrons. The van der Waals surface area contributed by atoms with E-state index in [9.17, 15) is 29.4 Å². The molecule has 1 aromatic heterocycles. The summed E-state index contributed by atoms with van der Waals surface area (Å²) in [5.74, 6) is -0.354. The molecule has 4 aromatic carbocycles. The largest absolute Gasteiger partial charge is 0.506 e. The first-order valence-electron chi connectivity index (χ1n) is 20.1. The number of pyridine rings is 1. The van der Waals surface area contributed by atoms with Crippen LogP contribution in [0.15, 0.2) is 108 Å². The number of piperidine rings is 3. The highest BCUT2D eigenvalue weighted by atomic mass is 16.5. The van der Waals surface area contributed by atoms with Gasteiger partial charge in [0.1, 0.15) is 11.9 Å². The first-order valence-corrected chi connectivity index (χ1v) is 20.1. The molecule has 8 rings (SSSR count). The van der Waals surface area contributed by atoms with E-state index in [0.717, 1.165) is 55.6 Å². The molecular formula is C46H51N5O7. The van der Waals surface area contributed by atoms with Gasteiger partial charge in [-0.25, -0.2) is 0 Å². The van der Waals surface area contributed by atoms with E-state index < -0.39 is 6.10 Å². The van der Waals surface area contributed by atoms with E-state index in [1.807, 2.05) is 54.6 Å². The quantitative estimate of drug-likeness (QED) is 0.0662. The lowest BCUT2D eigenvalue weighted by molar-refractivity contribution is -0.159. The molecule has 0 radical (unpaired) electrons. The third kappa shape index (κ3) is 10.4. The number of phenolic OH excluding ortho intramolecular Hbond substituents is 1. The van der Waals surface area contributed by atoms with Gasteiger partial charge in [-0.3, -0.25) is 24.1 Å². The van der Waals surface area contributed by atoms with E-state index in [-0.39, 0.29) is 48.2 Å². The standard InChI is InChI=1S/C46H51N5O7/c52-39-16-14-37(38-15-17-42(54)49-44(38)39)40(53)29-47-23-18-32-6-8-33(9-7-32)28-48-45(56)35-10-12-36(13-11-35)46(57)51(26-19-31-4-2-1-3-5-31)27-22-43(55)58-41-30-50-24-20-34(41)21-25-50/h1-17,34,40-41,47,52-53H,18-30H2,(H,48,56)(H,49,54)/t40-,41-/m0/s1. The van der Waals surface area contributed by atoms with Gasteiger partial charge in [-0.1, -0.05) is 60.7 Å². The predicted octanol–water partition coefficient (Wildman–Crippen LogP) is 4.74. The number of ether oxygens (including phenoxy) is 1. The highest BCUT2D eigenvalue weighted by Gasteiger charge is 2.36. The number of H-pyrrole nitrogens is 1. The van der Waals surface area contributed by atoms with Gasteiger partial charge in [-0.2, -0.15) is 0 Å². The Morgan fingerprint density at radius 2 is 1.53 bits per heavy atom. The van der Waals surface area contributed by atoms with Gasteiger partial charge >= 0.3 is 5.97 Å². The number of nitrogens with zero attached hydrogens (tertiary/aromatic N) is 2. The minimum absolute atomic E-state index is 0.0492. The zero-order valence-electron chi connectivity index (χ0n) is 32.6. The molecule has 0 spiro atoms. The zero-order chi connectivity index (χ0) is 40.4. The molecule has 3 aliphatic rings. The summed E-state index contributed by atoms with van der Waals surface area (Å²) >= 11 is 0. The Kier molecular flexibility index (Phi) is 13.3. The molecule has 3 saturated heterocycles. The number of aromatic nitrogens is 1. The van der Waals surface area contributed by atoms with Crippen LogP contribution in [-0.2, 0) is 28.9 Å². The Labute approximate surface area is 337 Å². The number of aliphatic hydroxyl groups is 1. The van der Waals surface area contributed by atoms with E-state index in [1.54, 1.807) is 41.3 Å². The van der Waals surface area contributed by atoms with Crippen LogP contribution in [0.5, 0.6) is 5.75 Å². The van der Waals surface area contributed by atoms with Gasteiger partial charge in [0.05, 0.1) is 18.0 Å². The summed E-state index contributed by atoms with van der Waals surface area (Å²) < 4.78 is 5.90. The number of benzene rings is 4. The average molecular weight is 786 g/mol. The van der Waals surface area contributed by atoms with Gasteiger partial charge in [0.2, 0.25) is 5.56 Å². The molecule has 2 atom stereocenters. The summed E-state index contributed by atoms with van der Waals surface area (Å²) in [7, 11) is 0. The maximum Gasteiger partial charge on any atom is 0.307 e. The third-order valence-corrected chi connectivity index (χ3v) is 11.3. The first-order chi connectivity index (χ1) is 28.2. The number of rotatable bonds is 17. The van der Waals surface area contributed by atoms with Crippen LogP contribution in [0, 0.1) is 5.92 Å². The van der Waals surface area contributed by atoms with Crippen molar-refractivity contribution in [2.75, 3.05) is 45.8 Å². The number of aromatic hydroxyl groups is 1. The van der Waals surface area contributed by atoms with Crippen LogP contribution in [0.1, 0.15) is 68.3 Å². The van der Waals surface area contributed by atoms with Gasteiger partial charge in [0, 0.05) is 55.3 Å². The number of amides is 2. The fraction of sp³-hybridized carbons (Fsp3) is 0.348. The van der Waals surface area contributed by atoms with Gasteiger partial charge in [0.15, 0.2) is 0 Å². The predicted molar refractivity (Wildman–Crippen MR) is 222 cm³/mol. The zero-order valence-corrected chi connectivity index (χ0v) is 32.6. The number of hydrogen-bond acceptors (Lipinski definition) is 9. The van der Waals surface area contributed by atoms with Crippen LogP contribution in [-0.4, -0.2) is 94.7 Å². The number of aromatic amines is 1. The first kappa shape index (κ1) is 40.4. The van der Waals surface area contributed by atoms with Crippen LogP contribution in [0.3, 0.4) is 0 Å². The normalized spacial score (nSPS) is 17.8. The smallest absolute Gasteiger partial charge is 0.307 e. The Morgan fingerprint density at radius 3 is 2.26 bits per heavy atom. The number of hydrogen-bond donors (Lipinski definition) is 5. The molecule has 2 bridgehead atoms. The Morgan fingerprint density at radius 1 is 0.828 bits per heavy atom. The van der Waals surface area contributed by atoms with Gasteiger partial charge in [-0.05, 0) is 110 Å². The second-order valence-electron chi connectivity index (χ2n) is 15.3. The Hall–Kier alpha value is -5.82. The molecule has 4 heterocycles. The summed E-state index contributed by atoms with van der Waals surface area (Å²) in [6, 6.07) is 30.6. The van der Waals surface area contributed by atoms with Crippen LogP contribution in [0.25, 0.3) is 10.9 Å². The lowest BCUT2D eigenvalue weighted by atomic mass is 9.86. The topological polar surface area (TPSA) is 164 Å². The van der Waals surface area contributed by atoms with Crippen molar-refractivity contribution in [3.63, 3.8) is 0 Å². The Bertz CT molecular complexity index is 2240. The minimum Gasteiger partial charge on any atom is -0.506 e. The van der Waals surface area contributed by atoms with Crippen molar-refractivity contribution in [2.24, 2.45) is 5.92 Å². The summed E-state index contributed by atoms with van der Waals surface area (Å²) in [6.07, 6.45) is 2.71. The number of carbonyl (C=O) groups is 3. The second kappa shape index (κ2) is 19.1. The van der Waals surface area contributed by atoms with Crippen molar-refractivity contribution in [1.82, 2.24) is 25.4 Å². The number of fused-ring (bicyclic) bond motifs is 4. The van der Waals surface area contributed by atoms with Gasteiger partial charge < -0.3 is 35.5 Å². The molecule has 5 aromatic rings. The van der Waals surface area contributed by atoms with E-state index in [4.69, 9.17) is 4.74 Å². The number of aliphatic hydroxyl groups excluding tert-OH is 1. The summed E-state index contributed by atoms with van der Waals surface area (Å²) in [5.41, 5.74) is 4.59. The molecule has 12 nitrogen and oxygen atoms in total. The number of nitrogens with one attached hydrogen (secondary N) is 3. The van der Waals surface area contributed by atoms with Crippen molar-refractivity contribution >= 4 is 28.7 Å². The van der Waals surface area contributed by atoms with Crippen LogP contribution >= 0.6 is 0 Å². The summed E-state index contributed by atoms with van der Waals surface area (Å²) in [5, 5.41) is 27.7. The van der Waals surface area contributed by atoms with Crippen molar-refractivity contribution in [3.05, 3.63) is 147 Å². The minimum atomic E-state index is -0.835. The van der Waals surface area contributed by atoms with Crippen molar-refractivity contribution < 1.29 is 29.3 Å². The van der Waals surface area contributed by atoms with E-state index in [2.05, 4.69) is 20.5 Å². The molecule has 12 heteroatoms. The van der Waals surface area contributed by atoms with E-state index in [1.165, 1.54) is 12.1 Å². The van der Waals surface area contributed by atoms with E-state index >= 15 is 0 Å². The maximum atomic E-state index is 13.8. The molecule has 2 amide bonds. The molecule has 0 saturated carbocycles. The maximum absolute atomic E-state index is 13.8. The van der Waals surface area contributed by atoms with E-state index in [0.29, 0.717) is 66.1 Å². The number of carbonyl (C=O) groups excluding carboxylic acids is 3. The van der Waals surface area contributed by atoms with Crippen LogP contribution < -0.4 is 16.2 Å². The summed E-state index contributed by atoms with van der Waals surface area (Å²) in [6.45, 7) is 4.87. The van der Waals surface area contributed by atoms with Crippen LogP contribution in [0.2, 0.25) is 0 Å².